The van der Waals surface area contributed by atoms with Gasteiger partial charge in [0.05, 0.1) is 30.5 Å². The zero-order valence-electron chi connectivity index (χ0n) is 11.9. The second kappa shape index (κ2) is 7.82. The topological polar surface area (TPSA) is 90.6 Å². The SMILES string of the molecule is N#Cc1ccc(CSCC(=O)N2CCOC(C(=O)O)C2)cc1. The van der Waals surface area contributed by atoms with Crippen molar-refractivity contribution in [2.75, 3.05) is 25.4 Å². The number of carboxylic acid groups (broad SMARTS) is 1. The summed E-state index contributed by atoms with van der Waals surface area (Å²) in [6.07, 6.45) is -0.929. The van der Waals surface area contributed by atoms with Crippen LogP contribution in [-0.2, 0) is 20.1 Å². The Hall–Kier alpha value is -2.04. The van der Waals surface area contributed by atoms with Crippen LogP contribution in [0.25, 0.3) is 0 Å². The number of hydrogen-bond donors (Lipinski definition) is 1. The van der Waals surface area contributed by atoms with Crippen molar-refractivity contribution in [3.63, 3.8) is 0 Å². The molecule has 1 fully saturated rings. The average molecular weight is 320 g/mol. The summed E-state index contributed by atoms with van der Waals surface area (Å²) in [5.41, 5.74) is 1.65. The van der Waals surface area contributed by atoms with Crippen molar-refractivity contribution in [1.29, 1.82) is 5.26 Å². The Labute approximate surface area is 132 Å². The van der Waals surface area contributed by atoms with Crippen LogP contribution in [0.1, 0.15) is 11.1 Å². The van der Waals surface area contributed by atoms with Crippen molar-refractivity contribution >= 4 is 23.6 Å². The molecule has 1 aliphatic rings. The molecule has 0 saturated carbocycles. The highest BCUT2D eigenvalue weighted by Gasteiger charge is 2.28. The number of nitriles is 1. The fourth-order valence-electron chi connectivity index (χ4n) is 2.05. The van der Waals surface area contributed by atoms with E-state index in [1.54, 1.807) is 12.1 Å². The lowest BCUT2D eigenvalue weighted by Crippen LogP contribution is -2.49. The molecule has 1 saturated heterocycles. The van der Waals surface area contributed by atoms with Gasteiger partial charge in [0.15, 0.2) is 6.10 Å². The molecule has 2 rings (SSSR count). The first-order valence-corrected chi connectivity index (χ1v) is 7.94. The largest absolute Gasteiger partial charge is 0.479 e. The lowest BCUT2D eigenvalue weighted by atomic mass is 10.2. The third-order valence-corrected chi connectivity index (χ3v) is 4.26. The molecule has 6 nitrogen and oxygen atoms in total. The number of thioether (sulfide) groups is 1. The third-order valence-electron chi connectivity index (χ3n) is 3.27. The normalized spacial score (nSPS) is 17.8. The minimum atomic E-state index is -1.04. The summed E-state index contributed by atoms with van der Waals surface area (Å²) in [5.74, 6) is -0.146. The molecule has 1 N–H and O–H groups in total. The van der Waals surface area contributed by atoms with E-state index in [1.165, 1.54) is 16.7 Å². The predicted octanol–water partition coefficient (Wildman–Crippen LogP) is 1.10. The second-order valence-electron chi connectivity index (χ2n) is 4.84. The highest BCUT2D eigenvalue weighted by Crippen LogP contribution is 2.15. The van der Waals surface area contributed by atoms with Crippen LogP contribution in [0.3, 0.4) is 0 Å². The van der Waals surface area contributed by atoms with Crippen LogP contribution in [0, 0.1) is 11.3 Å². The lowest BCUT2D eigenvalue weighted by molar-refractivity contribution is -0.158. The predicted molar refractivity (Wildman–Crippen MR) is 81.3 cm³/mol. The molecule has 1 aromatic carbocycles. The highest BCUT2D eigenvalue weighted by atomic mass is 32.2. The Balaban J connectivity index is 1.77. The lowest BCUT2D eigenvalue weighted by Gasteiger charge is -2.30. The highest BCUT2D eigenvalue weighted by molar-refractivity contribution is 7.99. The van der Waals surface area contributed by atoms with E-state index < -0.39 is 12.1 Å². The first-order chi connectivity index (χ1) is 10.6. The molecule has 1 aliphatic heterocycles. The number of benzene rings is 1. The maximum atomic E-state index is 12.1. The van der Waals surface area contributed by atoms with Gasteiger partial charge in [0.25, 0.3) is 0 Å². The van der Waals surface area contributed by atoms with Crippen LogP contribution in [0.15, 0.2) is 24.3 Å². The minimum absolute atomic E-state index is 0.0757. The van der Waals surface area contributed by atoms with Gasteiger partial charge in [0.1, 0.15) is 0 Å². The number of rotatable bonds is 5. The van der Waals surface area contributed by atoms with Crippen LogP contribution >= 0.6 is 11.8 Å². The van der Waals surface area contributed by atoms with Crippen LogP contribution in [-0.4, -0.2) is 53.4 Å². The standard InChI is InChI=1S/C15H16N2O4S/c16-7-11-1-3-12(4-2-11)9-22-10-14(18)17-5-6-21-13(8-17)15(19)20/h1-4,13H,5-6,8-10H2,(H,19,20). The molecule has 1 amide bonds. The summed E-state index contributed by atoms with van der Waals surface area (Å²) >= 11 is 1.47. The molecule has 1 atom stereocenters. The molecule has 7 heteroatoms. The van der Waals surface area contributed by atoms with E-state index in [4.69, 9.17) is 15.1 Å². The van der Waals surface area contributed by atoms with Crippen molar-refractivity contribution in [1.82, 2.24) is 4.90 Å². The molecule has 1 aromatic rings. The molecular weight excluding hydrogens is 304 g/mol. The first kappa shape index (κ1) is 16.3. The van der Waals surface area contributed by atoms with Gasteiger partial charge in [0.2, 0.25) is 5.91 Å². The number of ether oxygens (including phenoxy) is 1. The maximum Gasteiger partial charge on any atom is 0.334 e. The van der Waals surface area contributed by atoms with E-state index in [0.29, 0.717) is 23.6 Å². The minimum Gasteiger partial charge on any atom is -0.479 e. The van der Waals surface area contributed by atoms with Gasteiger partial charge in [-0.1, -0.05) is 12.1 Å². The van der Waals surface area contributed by atoms with Crippen molar-refractivity contribution in [2.45, 2.75) is 11.9 Å². The van der Waals surface area contributed by atoms with E-state index in [9.17, 15) is 9.59 Å². The molecule has 22 heavy (non-hydrogen) atoms. The number of morpholine rings is 1. The summed E-state index contributed by atoms with van der Waals surface area (Å²) in [7, 11) is 0. The van der Waals surface area contributed by atoms with Gasteiger partial charge in [-0.15, -0.1) is 11.8 Å². The number of hydrogen-bond acceptors (Lipinski definition) is 5. The third kappa shape index (κ3) is 4.48. The molecular formula is C15H16N2O4S. The van der Waals surface area contributed by atoms with E-state index in [-0.39, 0.29) is 19.1 Å². The van der Waals surface area contributed by atoms with Gasteiger partial charge in [-0.05, 0) is 17.7 Å². The Morgan fingerprint density at radius 1 is 1.41 bits per heavy atom. The fourth-order valence-corrected chi connectivity index (χ4v) is 2.94. The Morgan fingerprint density at radius 3 is 2.77 bits per heavy atom. The fraction of sp³-hybridized carbons (Fsp3) is 0.400. The zero-order valence-corrected chi connectivity index (χ0v) is 12.7. The number of amides is 1. The molecule has 0 spiro atoms. The summed E-state index contributed by atoms with van der Waals surface area (Å²) in [4.78, 5) is 24.5. The average Bonchev–Trinajstić information content (AvgIpc) is 2.55. The molecule has 0 bridgehead atoms. The number of carboxylic acids is 1. The molecule has 0 aliphatic carbocycles. The number of nitrogens with zero attached hydrogens (tertiary/aromatic N) is 2. The molecule has 1 heterocycles. The summed E-state index contributed by atoms with van der Waals surface area (Å²) in [6, 6.07) is 9.28. The second-order valence-corrected chi connectivity index (χ2v) is 5.82. The van der Waals surface area contributed by atoms with Gasteiger partial charge in [-0.3, -0.25) is 4.79 Å². The van der Waals surface area contributed by atoms with Crippen molar-refractivity contribution < 1.29 is 19.4 Å². The van der Waals surface area contributed by atoms with Crippen LogP contribution in [0.2, 0.25) is 0 Å². The van der Waals surface area contributed by atoms with Crippen LogP contribution in [0.4, 0.5) is 0 Å². The molecule has 0 aromatic heterocycles. The van der Waals surface area contributed by atoms with E-state index in [0.717, 1.165) is 5.56 Å². The van der Waals surface area contributed by atoms with Crippen molar-refractivity contribution in [3.05, 3.63) is 35.4 Å². The van der Waals surface area contributed by atoms with Gasteiger partial charge in [0, 0.05) is 12.3 Å². The van der Waals surface area contributed by atoms with Gasteiger partial charge in [-0.2, -0.15) is 5.26 Å². The van der Waals surface area contributed by atoms with Gasteiger partial charge >= 0.3 is 5.97 Å². The summed E-state index contributed by atoms with van der Waals surface area (Å²) in [5, 5.41) is 17.6. The van der Waals surface area contributed by atoms with Crippen molar-refractivity contribution in [2.24, 2.45) is 0 Å². The zero-order chi connectivity index (χ0) is 15.9. The quantitative estimate of drug-likeness (QED) is 0.874. The van der Waals surface area contributed by atoms with E-state index >= 15 is 0 Å². The molecule has 116 valence electrons. The Morgan fingerprint density at radius 2 is 2.14 bits per heavy atom. The molecule has 0 radical (unpaired) electrons. The van der Waals surface area contributed by atoms with E-state index in [1.807, 2.05) is 12.1 Å². The summed E-state index contributed by atoms with van der Waals surface area (Å²) in [6.45, 7) is 0.786. The first-order valence-electron chi connectivity index (χ1n) is 6.79. The Bertz CT molecular complexity index is 582. The van der Waals surface area contributed by atoms with E-state index in [2.05, 4.69) is 6.07 Å². The Kier molecular flexibility index (Phi) is 5.81. The summed E-state index contributed by atoms with van der Waals surface area (Å²) < 4.78 is 5.09. The van der Waals surface area contributed by atoms with Crippen LogP contribution < -0.4 is 0 Å². The maximum absolute atomic E-state index is 12.1. The number of carbonyl (C=O) groups excluding carboxylic acids is 1. The number of aliphatic carboxylic acids is 1. The monoisotopic (exact) mass is 320 g/mol. The molecule has 1 unspecified atom stereocenters. The van der Waals surface area contributed by atoms with Crippen LogP contribution in [0.5, 0.6) is 0 Å². The van der Waals surface area contributed by atoms with Crippen molar-refractivity contribution in [3.8, 4) is 6.07 Å². The van der Waals surface area contributed by atoms with Gasteiger partial charge in [-0.25, -0.2) is 4.79 Å². The number of carbonyl (C=O) groups is 2. The smallest absolute Gasteiger partial charge is 0.334 e. The van der Waals surface area contributed by atoms with Gasteiger partial charge < -0.3 is 14.7 Å².